The minimum atomic E-state index is -3.69. The lowest BCUT2D eigenvalue weighted by Crippen LogP contribution is -2.33. The summed E-state index contributed by atoms with van der Waals surface area (Å²) in [4.78, 5) is 14.9. The smallest absolute Gasteiger partial charge is 0.322 e. The van der Waals surface area contributed by atoms with Crippen molar-refractivity contribution in [1.82, 2.24) is 19.5 Å². The summed E-state index contributed by atoms with van der Waals surface area (Å²) >= 11 is 0. The number of hydrogen-bond acceptors (Lipinski definition) is 6. The van der Waals surface area contributed by atoms with Gasteiger partial charge in [-0.1, -0.05) is 0 Å². The Kier molecular flexibility index (Phi) is 4.58. The van der Waals surface area contributed by atoms with Crippen LogP contribution in [0.25, 0.3) is 0 Å². The molecule has 1 heterocycles. The van der Waals surface area contributed by atoms with Gasteiger partial charge in [-0.2, -0.15) is 9.40 Å². The van der Waals surface area contributed by atoms with Gasteiger partial charge in [-0.25, -0.2) is 13.4 Å². The lowest BCUT2D eigenvalue weighted by atomic mass is 10.6. The first kappa shape index (κ1) is 13.6. The fraction of sp³-hybridized carbons (Fsp3) is 0.625. The molecule has 8 nitrogen and oxygen atoms in total. The minimum Gasteiger partial charge on any atom is -0.465 e. The van der Waals surface area contributed by atoms with Crippen molar-refractivity contribution in [2.24, 2.45) is 0 Å². The minimum absolute atomic E-state index is 0.0295. The molecule has 0 fully saturated rings. The number of rotatable bonds is 6. The molecule has 96 valence electrons. The van der Waals surface area contributed by atoms with E-state index in [2.05, 4.69) is 19.9 Å². The van der Waals surface area contributed by atoms with E-state index in [-0.39, 0.29) is 13.2 Å². The molecule has 0 amide bonds. The fourth-order valence-electron chi connectivity index (χ4n) is 1.08. The second kappa shape index (κ2) is 5.73. The van der Waals surface area contributed by atoms with E-state index < -0.39 is 21.7 Å². The number of hydrogen-bond donors (Lipinski definition) is 1. The van der Waals surface area contributed by atoms with E-state index in [4.69, 9.17) is 0 Å². The number of carbonyl (C=O) groups excluding carboxylic acids is 1. The molecule has 9 heteroatoms. The molecule has 0 aliphatic heterocycles. The van der Waals surface area contributed by atoms with Gasteiger partial charge in [0, 0.05) is 7.05 Å². The van der Waals surface area contributed by atoms with Crippen molar-refractivity contribution in [2.75, 3.05) is 19.4 Å². The van der Waals surface area contributed by atoms with Gasteiger partial charge in [-0.3, -0.25) is 9.89 Å². The molecule has 0 saturated carbocycles. The van der Waals surface area contributed by atoms with Crippen LogP contribution in [-0.4, -0.2) is 53.3 Å². The monoisotopic (exact) mass is 262 g/mol. The van der Waals surface area contributed by atoms with Crippen LogP contribution in [0, 0.1) is 0 Å². The Balaban J connectivity index is 2.60. The summed E-state index contributed by atoms with van der Waals surface area (Å²) < 4.78 is 29.0. The largest absolute Gasteiger partial charge is 0.465 e. The molecule has 1 rings (SSSR count). The van der Waals surface area contributed by atoms with Crippen molar-refractivity contribution in [2.45, 2.75) is 13.5 Å². The highest BCUT2D eigenvalue weighted by molar-refractivity contribution is 7.89. The summed E-state index contributed by atoms with van der Waals surface area (Å²) in [6, 6.07) is 0. The number of sulfonamides is 1. The third kappa shape index (κ3) is 4.11. The molecule has 0 unspecified atom stereocenters. The highest BCUT2D eigenvalue weighted by Crippen LogP contribution is 2.03. The van der Waals surface area contributed by atoms with E-state index in [9.17, 15) is 13.2 Å². The zero-order chi connectivity index (χ0) is 12.9. The molecule has 1 N–H and O–H groups in total. The Morgan fingerprint density at radius 2 is 2.29 bits per heavy atom. The molecule has 17 heavy (non-hydrogen) atoms. The molecule has 0 radical (unpaired) electrons. The van der Waals surface area contributed by atoms with Gasteiger partial charge in [-0.15, -0.1) is 0 Å². The lowest BCUT2D eigenvalue weighted by Gasteiger charge is -2.14. The molecular weight excluding hydrogens is 248 g/mol. The summed E-state index contributed by atoms with van der Waals surface area (Å²) in [7, 11) is -2.33. The molecule has 0 aliphatic carbocycles. The van der Waals surface area contributed by atoms with Crippen LogP contribution < -0.4 is 0 Å². The second-order valence-electron chi connectivity index (χ2n) is 3.25. The number of ether oxygens (including phenoxy) is 1. The van der Waals surface area contributed by atoms with Gasteiger partial charge in [0.2, 0.25) is 10.0 Å². The third-order valence-electron chi connectivity index (χ3n) is 1.92. The summed E-state index contributed by atoms with van der Waals surface area (Å²) in [5, 5.41) is 6.13. The summed E-state index contributed by atoms with van der Waals surface area (Å²) in [5.41, 5.74) is 0. The summed E-state index contributed by atoms with van der Waals surface area (Å²) in [6.45, 7) is 1.80. The summed E-state index contributed by atoms with van der Waals surface area (Å²) in [6.07, 6.45) is 1.28. The average molecular weight is 262 g/mol. The van der Waals surface area contributed by atoms with Crippen molar-refractivity contribution in [1.29, 1.82) is 0 Å². The number of aromatic amines is 1. The molecule has 0 saturated heterocycles. The van der Waals surface area contributed by atoms with Gasteiger partial charge in [-0.05, 0) is 6.92 Å². The molecule has 0 aromatic carbocycles. The highest BCUT2D eigenvalue weighted by Gasteiger charge is 2.23. The van der Waals surface area contributed by atoms with Crippen LogP contribution >= 0.6 is 0 Å². The number of nitrogens with zero attached hydrogens (tertiary/aromatic N) is 3. The van der Waals surface area contributed by atoms with E-state index in [1.807, 2.05) is 0 Å². The van der Waals surface area contributed by atoms with Gasteiger partial charge < -0.3 is 4.74 Å². The molecule has 0 aliphatic rings. The van der Waals surface area contributed by atoms with Crippen molar-refractivity contribution < 1.29 is 17.9 Å². The van der Waals surface area contributed by atoms with E-state index in [0.29, 0.717) is 5.82 Å². The Morgan fingerprint density at radius 1 is 1.59 bits per heavy atom. The first-order valence-corrected chi connectivity index (χ1v) is 6.50. The van der Waals surface area contributed by atoms with E-state index >= 15 is 0 Å². The van der Waals surface area contributed by atoms with Gasteiger partial charge >= 0.3 is 5.97 Å². The van der Waals surface area contributed by atoms with E-state index in [0.717, 1.165) is 4.31 Å². The Hall–Kier alpha value is -1.48. The molecule has 1 aromatic rings. The molecule has 0 atom stereocenters. The normalized spacial score (nSPS) is 11.7. The number of nitrogens with one attached hydrogen (secondary N) is 1. The first-order chi connectivity index (χ1) is 7.95. The van der Waals surface area contributed by atoms with Crippen molar-refractivity contribution in [3.63, 3.8) is 0 Å². The maximum atomic E-state index is 11.7. The van der Waals surface area contributed by atoms with E-state index in [1.165, 1.54) is 13.4 Å². The predicted molar refractivity (Wildman–Crippen MR) is 58.3 cm³/mol. The van der Waals surface area contributed by atoms with Gasteiger partial charge in [0.05, 0.1) is 13.2 Å². The van der Waals surface area contributed by atoms with Crippen molar-refractivity contribution in [3.05, 3.63) is 12.2 Å². The maximum absolute atomic E-state index is 11.7. The zero-order valence-electron chi connectivity index (χ0n) is 9.58. The lowest BCUT2D eigenvalue weighted by molar-refractivity contribution is -0.140. The molecule has 1 aromatic heterocycles. The standard InChI is InChI=1S/C8H14N4O4S/c1-3-16-8(13)5-17(14,15)12(2)4-7-9-6-10-11-7/h6H,3-5H2,1-2H3,(H,9,10,11). The van der Waals surface area contributed by atoms with Crippen LogP contribution in [0.3, 0.4) is 0 Å². The average Bonchev–Trinajstić information content (AvgIpc) is 2.69. The highest BCUT2D eigenvalue weighted by atomic mass is 32.2. The van der Waals surface area contributed by atoms with Crippen LogP contribution in [0.2, 0.25) is 0 Å². The summed E-state index contributed by atoms with van der Waals surface area (Å²) in [5.74, 6) is -1.04. The molecule has 0 spiro atoms. The topological polar surface area (TPSA) is 105 Å². The Bertz CT molecular complexity index is 456. The fourth-order valence-corrected chi connectivity index (χ4v) is 2.00. The Labute approximate surface area is 99.0 Å². The van der Waals surface area contributed by atoms with Crippen molar-refractivity contribution >= 4 is 16.0 Å². The van der Waals surface area contributed by atoms with Crippen LogP contribution in [0.5, 0.6) is 0 Å². The van der Waals surface area contributed by atoms with Crippen LogP contribution in [0.15, 0.2) is 6.33 Å². The Morgan fingerprint density at radius 3 is 2.82 bits per heavy atom. The molecular formula is C8H14N4O4S. The van der Waals surface area contributed by atoms with Crippen LogP contribution in [0.1, 0.15) is 12.7 Å². The number of H-pyrrole nitrogens is 1. The molecule has 0 bridgehead atoms. The first-order valence-electron chi connectivity index (χ1n) is 4.89. The zero-order valence-corrected chi connectivity index (χ0v) is 10.4. The van der Waals surface area contributed by atoms with E-state index in [1.54, 1.807) is 6.92 Å². The van der Waals surface area contributed by atoms with Crippen LogP contribution in [-0.2, 0) is 26.1 Å². The quantitative estimate of drug-likeness (QED) is 0.668. The van der Waals surface area contributed by atoms with Crippen LogP contribution in [0.4, 0.5) is 0 Å². The van der Waals surface area contributed by atoms with Gasteiger partial charge in [0.25, 0.3) is 0 Å². The SMILES string of the molecule is CCOC(=O)CS(=O)(=O)N(C)Cc1ncn[nH]1. The van der Waals surface area contributed by atoms with Gasteiger partial charge in [0.1, 0.15) is 12.2 Å². The number of aromatic nitrogens is 3. The maximum Gasteiger partial charge on any atom is 0.322 e. The second-order valence-corrected chi connectivity index (χ2v) is 5.33. The van der Waals surface area contributed by atoms with Crippen molar-refractivity contribution in [3.8, 4) is 0 Å². The number of esters is 1. The third-order valence-corrected chi connectivity index (χ3v) is 3.60. The predicted octanol–water partition coefficient (Wildman–Crippen LogP) is -0.871. The van der Waals surface area contributed by atoms with Gasteiger partial charge in [0.15, 0.2) is 5.75 Å². The number of carbonyl (C=O) groups is 1.